The van der Waals surface area contributed by atoms with E-state index in [1.807, 2.05) is 6.07 Å². The first-order valence-corrected chi connectivity index (χ1v) is 6.79. The lowest BCUT2D eigenvalue weighted by Gasteiger charge is -2.26. The molecule has 1 aromatic rings. The van der Waals surface area contributed by atoms with Crippen molar-refractivity contribution >= 4 is 11.9 Å². The highest BCUT2D eigenvalue weighted by Gasteiger charge is 2.26. The number of carbonyl (C=O) groups is 2. The molecule has 0 spiro atoms. The second-order valence-corrected chi connectivity index (χ2v) is 5.19. The molecular weight excluding hydrogens is 258 g/mol. The number of nitrogens with two attached hydrogens (primary N) is 1. The van der Waals surface area contributed by atoms with Gasteiger partial charge in [0, 0.05) is 5.56 Å². The topological polar surface area (TPSA) is 89.6 Å². The minimum Gasteiger partial charge on any atom is -0.481 e. The molecule has 0 aliphatic heterocycles. The zero-order chi connectivity index (χ0) is 14.5. The summed E-state index contributed by atoms with van der Waals surface area (Å²) in [6.07, 6.45) is 2.98. The molecule has 0 aromatic heterocycles. The summed E-state index contributed by atoms with van der Waals surface area (Å²) in [6, 6.07) is 7.06. The minimum atomic E-state index is -0.711. The molecule has 0 unspecified atom stereocenters. The van der Waals surface area contributed by atoms with E-state index in [4.69, 9.17) is 15.6 Å². The van der Waals surface area contributed by atoms with Crippen LogP contribution in [0.1, 0.15) is 41.6 Å². The molecule has 20 heavy (non-hydrogen) atoms. The Labute approximate surface area is 117 Å². The van der Waals surface area contributed by atoms with Gasteiger partial charge in [0.15, 0.2) is 0 Å². The van der Waals surface area contributed by atoms with Gasteiger partial charge in [-0.05, 0) is 43.4 Å². The number of primary amides is 1. The lowest BCUT2D eigenvalue weighted by molar-refractivity contribution is -0.143. The summed E-state index contributed by atoms with van der Waals surface area (Å²) in [6.45, 7) is 0.420. The van der Waals surface area contributed by atoms with Crippen LogP contribution in [0, 0.1) is 5.92 Å². The Morgan fingerprint density at radius 2 is 1.95 bits per heavy atom. The van der Waals surface area contributed by atoms with Crippen molar-refractivity contribution in [2.24, 2.45) is 11.7 Å². The van der Waals surface area contributed by atoms with E-state index in [2.05, 4.69) is 0 Å². The van der Waals surface area contributed by atoms with Crippen molar-refractivity contribution in [2.75, 3.05) is 0 Å². The fraction of sp³-hybridized carbons (Fsp3) is 0.467. The average molecular weight is 277 g/mol. The van der Waals surface area contributed by atoms with Crippen LogP contribution in [-0.4, -0.2) is 23.1 Å². The lowest BCUT2D eigenvalue weighted by atomic mass is 9.87. The van der Waals surface area contributed by atoms with Gasteiger partial charge in [0.2, 0.25) is 5.91 Å². The Kier molecular flexibility index (Phi) is 4.74. The van der Waals surface area contributed by atoms with Crippen molar-refractivity contribution < 1.29 is 19.4 Å². The number of benzene rings is 1. The van der Waals surface area contributed by atoms with Crippen LogP contribution >= 0.6 is 0 Å². The number of hydrogen-bond acceptors (Lipinski definition) is 3. The van der Waals surface area contributed by atoms with Gasteiger partial charge in [-0.2, -0.15) is 0 Å². The summed E-state index contributed by atoms with van der Waals surface area (Å²) >= 11 is 0. The molecule has 1 amide bonds. The highest BCUT2D eigenvalue weighted by atomic mass is 16.5. The quantitative estimate of drug-likeness (QED) is 0.860. The van der Waals surface area contributed by atoms with Gasteiger partial charge < -0.3 is 15.6 Å². The van der Waals surface area contributed by atoms with E-state index in [9.17, 15) is 9.59 Å². The van der Waals surface area contributed by atoms with E-state index in [1.165, 1.54) is 0 Å². The summed E-state index contributed by atoms with van der Waals surface area (Å²) in [5, 5.41) is 8.93. The fourth-order valence-electron chi connectivity index (χ4n) is 2.50. The number of carboxylic acid groups (broad SMARTS) is 1. The second-order valence-electron chi connectivity index (χ2n) is 5.19. The third kappa shape index (κ3) is 3.81. The first kappa shape index (κ1) is 14.5. The molecule has 3 N–H and O–H groups in total. The van der Waals surface area contributed by atoms with Crippen molar-refractivity contribution in [3.05, 3.63) is 35.4 Å². The Morgan fingerprint density at radius 3 is 2.55 bits per heavy atom. The summed E-state index contributed by atoms with van der Waals surface area (Å²) < 4.78 is 5.79. The summed E-state index contributed by atoms with van der Waals surface area (Å²) in [7, 11) is 0. The molecule has 108 valence electrons. The van der Waals surface area contributed by atoms with E-state index in [1.54, 1.807) is 18.2 Å². The summed E-state index contributed by atoms with van der Waals surface area (Å²) in [5.41, 5.74) is 6.61. The molecule has 5 nitrogen and oxygen atoms in total. The van der Waals surface area contributed by atoms with Gasteiger partial charge in [0.1, 0.15) is 0 Å². The van der Waals surface area contributed by atoms with E-state index in [-0.39, 0.29) is 12.0 Å². The molecule has 1 aromatic carbocycles. The van der Waals surface area contributed by atoms with E-state index in [0.29, 0.717) is 25.0 Å². The van der Waals surface area contributed by atoms with Crippen LogP contribution in [0.15, 0.2) is 24.3 Å². The molecule has 1 aliphatic rings. The van der Waals surface area contributed by atoms with Crippen molar-refractivity contribution in [3.8, 4) is 0 Å². The van der Waals surface area contributed by atoms with Gasteiger partial charge >= 0.3 is 5.97 Å². The van der Waals surface area contributed by atoms with Gasteiger partial charge in [0.05, 0.1) is 18.6 Å². The number of aliphatic carboxylic acids is 1. The van der Waals surface area contributed by atoms with Crippen LogP contribution in [0.25, 0.3) is 0 Å². The maximum atomic E-state index is 11.1. The van der Waals surface area contributed by atoms with Crippen LogP contribution in [0.5, 0.6) is 0 Å². The zero-order valence-electron chi connectivity index (χ0n) is 11.2. The Hall–Kier alpha value is -1.88. The standard InChI is InChI=1S/C15H19NO4/c16-14(17)12-3-1-2-10(8-12)9-20-13-6-4-11(5-7-13)15(18)19/h1-3,8,11,13H,4-7,9H2,(H2,16,17)(H,18,19). The lowest BCUT2D eigenvalue weighted by Crippen LogP contribution is -2.26. The smallest absolute Gasteiger partial charge is 0.306 e. The normalized spacial score (nSPS) is 22.4. The number of carbonyl (C=O) groups excluding carboxylic acids is 1. The van der Waals surface area contributed by atoms with Gasteiger partial charge in [-0.25, -0.2) is 0 Å². The number of amides is 1. The average Bonchev–Trinajstić information content (AvgIpc) is 2.46. The van der Waals surface area contributed by atoms with Crippen molar-refractivity contribution in [1.29, 1.82) is 0 Å². The molecule has 0 bridgehead atoms. The Balaban J connectivity index is 1.83. The maximum absolute atomic E-state index is 11.1. The molecule has 1 fully saturated rings. The number of carboxylic acids is 1. The third-order valence-electron chi connectivity index (χ3n) is 3.72. The first-order chi connectivity index (χ1) is 9.56. The largest absolute Gasteiger partial charge is 0.481 e. The van der Waals surface area contributed by atoms with E-state index in [0.717, 1.165) is 18.4 Å². The molecule has 0 heterocycles. The van der Waals surface area contributed by atoms with Crippen LogP contribution in [0.2, 0.25) is 0 Å². The first-order valence-electron chi connectivity index (χ1n) is 6.79. The van der Waals surface area contributed by atoms with Crippen LogP contribution in [0.4, 0.5) is 0 Å². The minimum absolute atomic E-state index is 0.0998. The SMILES string of the molecule is NC(=O)c1cccc(COC2CCC(C(=O)O)CC2)c1. The molecular formula is C15H19NO4. The predicted molar refractivity (Wildman–Crippen MR) is 73.1 cm³/mol. The maximum Gasteiger partial charge on any atom is 0.306 e. The fourth-order valence-corrected chi connectivity index (χ4v) is 2.50. The van der Waals surface area contributed by atoms with Crippen molar-refractivity contribution in [3.63, 3.8) is 0 Å². The molecule has 1 aliphatic carbocycles. The van der Waals surface area contributed by atoms with Gasteiger partial charge in [0.25, 0.3) is 0 Å². The Morgan fingerprint density at radius 1 is 1.25 bits per heavy atom. The van der Waals surface area contributed by atoms with Crippen LogP contribution in [-0.2, 0) is 16.1 Å². The van der Waals surface area contributed by atoms with Gasteiger partial charge in [-0.3, -0.25) is 9.59 Å². The third-order valence-corrected chi connectivity index (χ3v) is 3.72. The number of hydrogen-bond donors (Lipinski definition) is 2. The predicted octanol–water partition coefficient (Wildman–Crippen LogP) is 1.95. The highest BCUT2D eigenvalue weighted by molar-refractivity contribution is 5.92. The zero-order valence-corrected chi connectivity index (χ0v) is 11.2. The Bertz CT molecular complexity index is 492. The summed E-state index contributed by atoms with van der Waals surface area (Å²) in [5.74, 6) is -1.39. The van der Waals surface area contributed by atoms with Crippen molar-refractivity contribution in [1.82, 2.24) is 0 Å². The number of rotatable bonds is 5. The molecule has 2 rings (SSSR count). The van der Waals surface area contributed by atoms with Crippen LogP contribution < -0.4 is 5.73 Å². The van der Waals surface area contributed by atoms with Gasteiger partial charge in [-0.1, -0.05) is 12.1 Å². The van der Waals surface area contributed by atoms with Gasteiger partial charge in [-0.15, -0.1) is 0 Å². The molecule has 0 saturated heterocycles. The monoisotopic (exact) mass is 277 g/mol. The number of ether oxygens (including phenoxy) is 1. The highest BCUT2D eigenvalue weighted by Crippen LogP contribution is 2.27. The summed E-state index contributed by atoms with van der Waals surface area (Å²) in [4.78, 5) is 21.9. The molecule has 0 radical (unpaired) electrons. The van der Waals surface area contributed by atoms with Crippen LogP contribution in [0.3, 0.4) is 0 Å². The second kappa shape index (κ2) is 6.52. The van der Waals surface area contributed by atoms with Crippen molar-refractivity contribution in [2.45, 2.75) is 38.4 Å². The van der Waals surface area contributed by atoms with E-state index < -0.39 is 11.9 Å². The molecule has 5 heteroatoms. The van der Waals surface area contributed by atoms with E-state index >= 15 is 0 Å². The molecule has 0 atom stereocenters. The molecule has 1 saturated carbocycles.